The number of esters is 3. The Kier molecular flexibility index (Phi) is 5.33. The van der Waals surface area contributed by atoms with Gasteiger partial charge in [0.2, 0.25) is 0 Å². The van der Waals surface area contributed by atoms with Crippen LogP contribution in [0.3, 0.4) is 0 Å². The zero-order valence-electron chi connectivity index (χ0n) is 17.6. The first kappa shape index (κ1) is 21.8. The van der Waals surface area contributed by atoms with E-state index in [0.717, 1.165) is 0 Å². The third-order valence-corrected chi connectivity index (χ3v) is 7.38. The van der Waals surface area contributed by atoms with E-state index >= 15 is 0 Å². The molecule has 3 fully saturated rings. The molecule has 2 saturated carbocycles. The van der Waals surface area contributed by atoms with Crippen LogP contribution in [0.5, 0.6) is 0 Å². The van der Waals surface area contributed by atoms with Gasteiger partial charge in [0, 0.05) is 30.8 Å². The average Bonchev–Trinajstić information content (AvgIpc) is 3.23. The van der Waals surface area contributed by atoms with E-state index in [-0.39, 0.29) is 31.6 Å². The highest BCUT2D eigenvalue weighted by Gasteiger charge is 2.69. The summed E-state index contributed by atoms with van der Waals surface area (Å²) in [6, 6.07) is 0. The number of nitrogens with two attached hydrogens (primary N) is 2. The van der Waals surface area contributed by atoms with Crippen molar-refractivity contribution < 1.29 is 38.1 Å². The summed E-state index contributed by atoms with van der Waals surface area (Å²) in [6.07, 6.45) is 2.15. The predicted molar refractivity (Wildman–Crippen MR) is 104 cm³/mol. The maximum Gasteiger partial charge on any atom is 0.311 e. The van der Waals surface area contributed by atoms with Gasteiger partial charge in [-0.15, -0.1) is 0 Å². The fourth-order valence-corrected chi connectivity index (χ4v) is 5.98. The van der Waals surface area contributed by atoms with Crippen LogP contribution in [-0.4, -0.2) is 60.7 Å². The fourth-order valence-electron chi connectivity index (χ4n) is 5.98. The molecule has 2 aliphatic heterocycles. The second-order valence-electron chi connectivity index (χ2n) is 9.07. The van der Waals surface area contributed by atoms with Crippen LogP contribution < -0.4 is 11.5 Å². The summed E-state index contributed by atoms with van der Waals surface area (Å²) in [5, 5.41) is 0. The molecule has 4 N–H and O–H groups in total. The van der Waals surface area contributed by atoms with Crippen LogP contribution in [0, 0.1) is 23.7 Å². The van der Waals surface area contributed by atoms with Crippen molar-refractivity contribution in [2.24, 2.45) is 35.1 Å². The number of cyclic esters (lactones) is 1. The minimum absolute atomic E-state index is 0.0775. The Bertz CT molecular complexity index is 843. The van der Waals surface area contributed by atoms with Crippen molar-refractivity contribution in [1.82, 2.24) is 0 Å². The molecular weight excluding hydrogens is 408 g/mol. The summed E-state index contributed by atoms with van der Waals surface area (Å²) in [7, 11) is 1.24. The first-order valence-electron chi connectivity index (χ1n) is 10.5. The topological polar surface area (TPSA) is 157 Å². The zero-order valence-corrected chi connectivity index (χ0v) is 17.6. The number of rotatable bonds is 3. The molecule has 4 aliphatic rings. The number of fused-ring (bicyclic) bond motifs is 3. The van der Waals surface area contributed by atoms with E-state index in [1.165, 1.54) is 20.3 Å². The van der Waals surface area contributed by atoms with Gasteiger partial charge in [0.05, 0.1) is 43.7 Å². The highest BCUT2D eigenvalue weighted by Crippen LogP contribution is 2.54. The van der Waals surface area contributed by atoms with E-state index in [1.807, 2.05) is 0 Å². The molecule has 0 spiro atoms. The second kappa shape index (κ2) is 7.59. The Morgan fingerprint density at radius 3 is 2.58 bits per heavy atom. The first-order valence-corrected chi connectivity index (χ1v) is 10.5. The Balaban J connectivity index is 1.77. The second-order valence-corrected chi connectivity index (χ2v) is 9.07. The van der Waals surface area contributed by atoms with Gasteiger partial charge in [0.25, 0.3) is 0 Å². The third kappa shape index (κ3) is 3.32. The van der Waals surface area contributed by atoms with E-state index in [9.17, 15) is 19.2 Å². The number of methoxy groups -OCH3 is 1. The molecule has 4 rings (SSSR count). The van der Waals surface area contributed by atoms with E-state index in [1.54, 1.807) is 6.08 Å². The molecule has 1 unspecified atom stereocenters. The molecule has 0 bridgehead atoms. The lowest BCUT2D eigenvalue weighted by Crippen LogP contribution is -2.78. The summed E-state index contributed by atoms with van der Waals surface area (Å²) in [4.78, 5) is 50.8. The molecule has 0 aromatic heterocycles. The number of ketones is 1. The SMILES string of the molecule is COC(=O)[C@@H]1C[C@H](OC(C)=O)C(=O)[C@H]2[C@@]1(N)CC[C@H]1C(=O)O[C@H](C3C=COC3)C[C@]21N. The van der Waals surface area contributed by atoms with Crippen molar-refractivity contribution in [2.45, 2.75) is 55.9 Å². The lowest BCUT2D eigenvalue weighted by Gasteiger charge is -2.60. The lowest BCUT2D eigenvalue weighted by atomic mass is 9.48. The number of Topliss-reactive ketones (excluding diaryl/α,β-unsaturated/α-hetero) is 1. The summed E-state index contributed by atoms with van der Waals surface area (Å²) < 4.78 is 21.1. The van der Waals surface area contributed by atoms with Crippen molar-refractivity contribution in [3.8, 4) is 0 Å². The summed E-state index contributed by atoms with van der Waals surface area (Å²) in [5.41, 5.74) is 11.0. The van der Waals surface area contributed by atoms with Crippen molar-refractivity contribution in [2.75, 3.05) is 13.7 Å². The van der Waals surface area contributed by atoms with Crippen LogP contribution >= 0.6 is 0 Å². The van der Waals surface area contributed by atoms with Gasteiger partial charge in [-0.3, -0.25) is 19.2 Å². The normalized spacial score (nSPS) is 43.9. The molecule has 0 radical (unpaired) electrons. The molecule has 2 aliphatic carbocycles. The van der Waals surface area contributed by atoms with E-state index < -0.39 is 64.7 Å². The van der Waals surface area contributed by atoms with Gasteiger partial charge in [0.1, 0.15) is 6.10 Å². The highest BCUT2D eigenvalue weighted by molar-refractivity contribution is 5.94. The van der Waals surface area contributed by atoms with E-state index in [4.69, 9.17) is 30.4 Å². The fraction of sp³-hybridized carbons (Fsp3) is 0.714. The van der Waals surface area contributed by atoms with E-state index in [0.29, 0.717) is 6.61 Å². The van der Waals surface area contributed by atoms with Crippen LogP contribution in [0.4, 0.5) is 0 Å². The molecule has 10 heteroatoms. The minimum Gasteiger partial charge on any atom is -0.501 e. The molecule has 1 saturated heterocycles. The molecule has 31 heavy (non-hydrogen) atoms. The van der Waals surface area contributed by atoms with Crippen LogP contribution in [0.15, 0.2) is 12.3 Å². The van der Waals surface area contributed by atoms with Crippen molar-refractivity contribution >= 4 is 23.7 Å². The van der Waals surface area contributed by atoms with Gasteiger partial charge in [-0.05, 0) is 18.9 Å². The lowest BCUT2D eigenvalue weighted by molar-refractivity contribution is -0.191. The molecule has 0 aromatic rings. The molecule has 10 nitrogen and oxygen atoms in total. The molecule has 2 heterocycles. The van der Waals surface area contributed by atoms with Crippen molar-refractivity contribution in [3.05, 3.63) is 12.3 Å². The van der Waals surface area contributed by atoms with Crippen molar-refractivity contribution in [3.63, 3.8) is 0 Å². The molecular formula is C21H28N2O8. The standard InChI is InChI=1S/C21H28N2O8/c1-10(24)30-14-7-13(18(26)28-2)20(22)5-3-12-19(27)31-15(11-4-6-29-9-11)8-21(12,23)17(20)16(14)25/h4,6,11-15,17H,3,5,7-9,22-23H2,1-2H3/t11?,12-,13-,14-,15-,17-,20+,21+/m0/s1. The van der Waals surface area contributed by atoms with Crippen LogP contribution in [0.1, 0.15) is 32.6 Å². The average molecular weight is 436 g/mol. The number of ether oxygens (including phenoxy) is 4. The van der Waals surface area contributed by atoms with Gasteiger partial charge in [-0.25, -0.2) is 0 Å². The Hall–Kier alpha value is -2.46. The summed E-state index contributed by atoms with van der Waals surface area (Å²) >= 11 is 0. The number of carbonyl (C=O) groups excluding carboxylic acids is 4. The Morgan fingerprint density at radius 2 is 1.97 bits per heavy atom. The van der Waals surface area contributed by atoms with E-state index in [2.05, 4.69) is 0 Å². The Labute approximate surface area is 179 Å². The third-order valence-electron chi connectivity index (χ3n) is 7.38. The quantitative estimate of drug-likeness (QED) is 0.439. The number of carbonyl (C=O) groups is 4. The van der Waals surface area contributed by atoms with Gasteiger partial charge in [0.15, 0.2) is 11.9 Å². The van der Waals surface area contributed by atoms with Crippen LogP contribution in [0.25, 0.3) is 0 Å². The van der Waals surface area contributed by atoms with Crippen molar-refractivity contribution in [1.29, 1.82) is 0 Å². The first-order chi connectivity index (χ1) is 14.6. The highest BCUT2D eigenvalue weighted by atomic mass is 16.6. The van der Waals surface area contributed by atoms with Gasteiger partial charge < -0.3 is 30.4 Å². The minimum atomic E-state index is -1.36. The smallest absolute Gasteiger partial charge is 0.311 e. The molecule has 0 aromatic carbocycles. The Morgan fingerprint density at radius 1 is 1.23 bits per heavy atom. The zero-order chi connectivity index (χ0) is 22.6. The predicted octanol–water partition coefficient (Wildman–Crippen LogP) is -0.423. The summed E-state index contributed by atoms with van der Waals surface area (Å²) in [6.45, 7) is 1.53. The van der Waals surface area contributed by atoms with Crippen LogP contribution in [0.2, 0.25) is 0 Å². The van der Waals surface area contributed by atoms with Gasteiger partial charge in [-0.2, -0.15) is 0 Å². The molecule has 170 valence electrons. The summed E-state index contributed by atoms with van der Waals surface area (Å²) in [5.74, 6) is -5.14. The van der Waals surface area contributed by atoms with Gasteiger partial charge in [-0.1, -0.05) is 0 Å². The number of hydrogen-bond donors (Lipinski definition) is 2. The maximum absolute atomic E-state index is 13.6. The molecule has 0 amide bonds. The van der Waals surface area contributed by atoms with Crippen LogP contribution in [-0.2, 0) is 38.1 Å². The maximum atomic E-state index is 13.6. The number of hydrogen-bond acceptors (Lipinski definition) is 10. The molecule has 8 atom stereocenters. The van der Waals surface area contributed by atoms with Gasteiger partial charge >= 0.3 is 17.9 Å². The monoisotopic (exact) mass is 436 g/mol. The largest absolute Gasteiger partial charge is 0.501 e.